The molecule has 1 aromatic heterocycles. The van der Waals surface area contributed by atoms with Crippen LogP contribution in [-0.2, 0) is 0 Å². The Labute approximate surface area is 109 Å². The number of nitrogens with two attached hydrogens (primary N) is 1. The van der Waals surface area contributed by atoms with Crippen LogP contribution in [-0.4, -0.2) is 12.2 Å². The minimum atomic E-state index is -0.347. The van der Waals surface area contributed by atoms with E-state index >= 15 is 0 Å². The third-order valence-electron chi connectivity index (χ3n) is 2.50. The van der Waals surface area contributed by atoms with Crippen molar-refractivity contribution in [3.63, 3.8) is 0 Å². The van der Waals surface area contributed by atoms with E-state index in [4.69, 9.17) is 5.73 Å². The molecule has 2 N–H and O–H groups in total. The van der Waals surface area contributed by atoms with Crippen LogP contribution in [0.15, 0.2) is 35.2 Å². The van der Waals surface area contributed by atoms with E-state index in [-0.39, 0.29) is 5.91 Å². The summed E-state index contributed by atoms with van der Waals surface area (Å²) in [4.78, 5) is 14.2. The third-order valence-corrected chi connectivity index (χ3v) is 4.52. The normalized spacial score (nSPS) is 10.5. The quantitative estimate of drug-likeness (QED) is 0.861. The van der Waals surface area contributed by atoms with Crippen molar-refractivity contribution in [3.05, 3.63) is 40.8 Å². The second-order valence-corrected chi connectivity index (χ2v) is 5.65. The van der Waals surface area contributed by atoms with Gasteiger partial charge in [0.05, 0.1) is 4.88 Å². The van der Waals surface area contributed by atoms with E-state index in [2.05, 4.69) is 18.2 Å². The zero-order chi connectivity index (χ0) is 12.4. The zero-order valence-corrected chi connectivity index (χ0v) is 11.3. The van der Waals surface area contributed by atoms with Gasteiger partial charge in [-0.05, 0) is 42.5 Å². The van der Waals surface area contributed by atoms with E-state index in [0.29, 0.717) is 4.88 Å². The molecule has 0 atom stereocenters. The Kier molecular flexibility index (Phi) is 3.54. The maximum absolute atomic E-state index is 11.2. The van der Waals surface area contributed by atoms with Gasteiger partial charge in [-0.15, -0.1) is 23.1 Å². The average molecular weight is 263 g/mol. The summed E-state index contributed by atoms with van der Waals surface area (Å²) in [6, 6.07) is 10.3. The van der Waals surface area contributed by atoms with E-state index in [9.17, 15) is 4.79 Å². The Morgan fingerprint density at radius 3 is 2.71 bits per heavy atom. The number of thioether (sulfide) groups is 1. The fourth-order valence-corrected chi connectivity index (χ4v) is 3.13. The molecule has 1 aromatic carbocycles. The highest BCUT2D eigenvalue weighted by Crippen LogP contribution is 2.32. The standard InChI is InChI=1S/C13H13NOS2/c1-8-6-11(17-12(8)13(14)15)9-4-3-5-10(7-9)16-2/h3-7H,1-2H3,(H2,14,15). The highest BCUT2D eigenvalue weighted by molar-refractivity contribution is 7.98. The number of aryl methyl sites for hydroxylation is 1. The molecule has 0 aliphatic heterocycles. The molecule has 2 rings (SSSR count). The highest BCUT2D eigenvalue weighted by atomic mass is 32.2. The molecule has 0 saturated heterocycles. The molecule has 0 spiro atoms. The summed E-state index contributed by atoms with van der Waals surface area (Å²) < 4.78 is 0. The first-order chi connectivity index (χ1) is 8.11. The first kappa shape index (κ1) is 12.2. The minimum absolute atomic E-state index is 0.347. The number of hydrogen-bond acceptors (Lipinski definition) is 3. The summed E-state index contributed by atoms with van der Waals surface area (Å²) >= 11 is 3.16. The first-order valence-electron chi connectivity index (χ1n) is 5.16. The van der Waals surface area contributed by atoms with Gasteiger partial charge in [-0.25, -0.2) is 0 Å². The summed E-state index contributed by atoms with van der Waals surface area (Å²) in [7, 11) is 0. The fraction of sp³-hybridized carbons (Fsp3) is 0.154. The molecule has 0 aliphatic rings. The van der Waals surface area contributed by atoms with E-state index < -0.39 is 0 Å². The fourth-order valence-electron chi connectivity index (χ4n) is 1.65. The number of carbonyl (C=O) groups excluding carboxylic acids is 1. The van der Waals surface area contributed by atoms with Crippen molar-refractivity contribution < 1.29 is 4.79 Å². The number of thiophene rings is 1. The van der Waals surface area contributed by atoms with Crippen LogP contribution in [0.4, 0.5) is 0 Å². The molecule has 0 saturated carbocycles. The molecule has 2 aromatic rings. The van der Waals surface area contributed by atoms with Crippen molar-refractivity contribution in [3.8, 4) is 10.4 Å². The molecular formula is C13H13NOS2. The van der Waals surface area contributed by atoms with Gasteiger partial charge in [-0.2, -0.15) is 0 Å². The summed E-state index contributed by atoms with van der Waals surface area (Å²) in [5.74, 6) is -0.347. The number of amides is 1. The highest BCUT2D eigenvalue weighted by Gasteiger charge is 2.11. The molecule has 17 heavy (non-hydrogen) atoms. The molecular weight excluding hydrogens is 250 g/mol. The molecule has 4 heteroatoms. The van der Waals surface area contributed by atoms with Crippen LogP contribution >= 0.6 is 23.1 Å². The van der Waals surface area contributed by atoms with Crippen LogP contribution in [0.3, 0.4) is 0 Å². The van der Waals surface area contributed by atoms with Crippen molar-refractivity contribution in [2.45, 2.75) is 11.8 Å². The van der Waals surface area contributed by atoms with Gasteiger partial charge in [-0.1, -0.05) is 12.1 Å². The monoisotopic (exact) mass is 263 g/mol. The molecule has 88 valence electrons. The molecule has 0 radical (unpaired) electrons. The maximum Gasteiger partial charge on any atom is 0.259 e. The van der Waals surface area contributed by atoms with Gasteiger partial charge in [0.25, 0.3) is 5.91 Å². The van der Waals surface area contributed by atoms with Crippen LogP contribution in [0.1, 0.15) is 15.2 Å². The Hall–Kier alpha value is -1.26. The molecule has 0 bridgehead atoms. The van der Waals surface area contributed by atoms with Gasteiger partial charge in [0.15, 0.2) is 0 Å². The van der Waals surface area contributed by atoms with Gasteiger partial charge in [0.1, 0.15) is 0 Å². The van der Waals surface area contributed by atoms with E-state index in [1.165, 1.54) is 16.2 Å². The van der Waals surface area contributed by atoms with Crippen LogP contribution in [0, 0.1) is 6.92 Å². The lowest BCUT2D eigenvalue weighted by atomic mass is 10.1. The molecule has 2 nitrogen and oxygen atoms in total. The summed E-state index contributed by atoms with van der Waals surface area (Å²) in [6.45, 7) is 1.92. The smallest absolute Gasteiger partial charge is 0.259 e. The van der Waals surface area contributed by atoms with Crippen LogP contribution in [0.25, 0.3) is 10.4 Å². The van der Waals surface area contributed by atoms with Crippen LogP contribution in [0.2, 0.25) is 0 Å². The van der Waals surface area contributed by atoms with E-state index in [1.807, 2.05) is 25.3 Å². The lowest BCUT2D eigenvalue weighted by molar-refractivity contribution is 0.100. The van der Waals surface area contributed by atoms with E-state index in [0.717, 1.165) is 16.0 Å². The molecule has 0 unspecified atom stereocenters. The van der Waals surface area contributed by atoms with Crippen LogP contribution in [0.5, 0.6) is 0 Å². The van der Waals surface area contributed by atoms with Gasteiger partial charge in [0.2, 0.25) is 0 Å². The SMILES string of the molecule is CSc1cccc(-c2cc(C)c(C(N)=O)s2)c1. The summed E-state index contributed by atoms with van der Waals surface area (Å²) in [6.07, 6.45) is 2.05. The topological polar surface area (TPSA) is 43.1 Å². The van der Waals surface area contributed by atoms with Gasteiger partial charge in [0, 0.05) is 9.77 Å². The van der Waals surface area contributed by atoms with Crippen molar-refractivity contribution >= 4 is 29.0 Å². The predicted octanol–water partition coefficient (Wildman–Crippen LogP) is 3.54. The minimum Gasteiger partial charge on any atom is -0.365 e. The lowest BCUT2D eigenvalue weighted by Crippen LogP contribution is -2.09. The third kappa shape index (κ3) is 2.53. The van der Waals surface area contributed by atoms with Crippen molar-refractivity contribution in [2.75, 3.05) is 6.26 Å². The van der Waals surface area contributed by atoms with E-state index in [1.54, 1.807) is 11.8 Å². The number of benzene rings is 1. The molecule has 1 amide bonds. The largest absolute Gasteiger partial charge is 0.365 e. The Morgan fingerprint density at radius 2 is 2.12 bits per heavy atom. The number of rotatable bonds is 3. The Bertz CT molecular complexity index is 560. The number of carbonyl (C=O) groups is 1. The number of hydrogen-bond donors (Lipinski definition) is 1. The van der Waals surface area contributed by atoms with Crippen LogP contribution < -0.4 is 5.73 Å². The van der Waals surface area contributed by atoms with Crippen molar-refractivity contribution in [1.82, 2.24) is 0 Å². The molecule has 1 heterocycles. The van der Waals surface area contributed by atoms with Crippen molar-refractivity contribution in [2.24, 2.45) is 5.73 Å². The molecule has 0 fully saturated rings. The Morgan fingerprint density at radius 1 is 1.35 bits per heavy atom. The van der Waals surface area contributed by atoms with Gasteiger partial charge < -0.3 is 5.73 Å². The van der Waals surface area contributed by atoms with Gasteiger partial charge in [-0.3, -0.25) is 4.79 Å². The Balaban J connectivity index is 2.46. The average Bonchev–Trinajstić information content (AvgIpc) is 2.71. The lowest BCUT2D eigenvalue weighted by Gasteiger charge is -2.00. The summed E-state index contributed by atoms with van der Waals surface area (Å²) in [5.41, 5.74) is 7.42. The number of primary amides is 1. The second-order valence-electron chi connectivity index (χ2n) is 3.72. The van der Waals surface area contributed by atoms with Crippen molar-refractivity contribution in [1.29, 1.82) is 0 Å². The maximum atomic E-state index is 11.2. The zero-order valence-electron chi connectivity index (χ0n) is 9.69. The summed E-state index contributed by atoms with van der Waals surface area (Å²) in [5, 5.41) is 0. The second kappa shape index (κ2) is 4.94. The predicted molar refractivity (Wildman–Crippen MR) is 74.8 cm³/mol. The van der Waals surface area contributed by atoms with Gasteiger partial charge >= 0.3 is 0 Å². The first-order valence-corrected chi connectivity index (χ1v) is 7.20. The molecule has 0 aliphatic carbocycles.